The molecule has 2 rings (SSSR count). The van der Waals surface area contributed by atoms with Crippen LogP contribution in [0.25, 0.3) is 0 Å². The Morgan fingerprint density at radius 3 is 2.65 bits per heavy atom. The van der Waals surface area contributed by atoms with Gasteiger partial charge in [0.25, 0.3) is 0 Å². The molecule has 17 heavy (non-hydrogen) atoms. The second-order valence-electron chi connectivity index (χ2n) is 5.55. The minimum absolute atomic E-state index is 0.0183. The lowest BCUT2D eigenvalue weighted by Gasteiger charge is -2.36. The molecule has 1 heterocycles. The summed E-state index contributed by atoms with van der Waals surface area (Å²) in [7, 11) is 0. The molecule has 1 saturated carbocycles. The number of nitrogens with zero attached hydrogens (tertiary/aromatic N) is 1. The number of carbonyl (C=O) groups excluding carboxylic acids is 2. The molecule has 0 atom stereocenters. The number of amides is 2. The molecule has 0 radical (unpaired) electrons. The van der Waals surface area contributed by atoms with Crippen LogP contribution in [-0.4, -0.2) is 36.3 Å². The van der Waals surface area contributed by atoms with E-state index in [-0.39, 0.29) is 23.8 Å². The van der Waals surface area contributed by atoms with Crippen molar-refractivity contribution < 1.29 is 9.59 Å². The Labute approximate surface area is 103 Å². The van der Waals surface area contributed by atoms with Crippen molar-refractivity contribution in [2.24, 2.45) is 5.41 Å². The molecule has 4 nitrogen and oxygen atoms in total. The highest BCUT2D eigenvalue weighted by Crippen LogP contribution is 2.37. The maximum Gasteiger partial charge on any atom is 0.239 e. The minimum atomic E-state index is -0.219. The van der Waals surface area contributed by atoms with Crippen molar-refractivity contribution in [2.75, 3.05) is 19.6 Å². The molecular weight excluding hydrogens is 216 g/mol. The van der Waals surface area contributed by atoms with Crippen LogP contribution in [0.5, 0.6) is 0 Å². The lowest BCUT2D eigenvalue weighted by atomic mass is 9.74. The summed E-state index contributed by atoms with van der Waals surface area (Å²) in [5.74, 6) is 0.171. The van der Waals surface area contributed by atoms with E-state index in [2.05, 4.69) is 12.2 Å². The Morgan fingerprint density at radius 2 is 1.94 bits per heavy atom. The molecule has 0 aromatic rings. The van der Waals surface area contributed by atoms with Gasteiger partial charge in [0.1, 0.15) is 0 Å². The van der Waals surface area contributed by atoms with Crippen LogP contribution in [0.4, 0.5) is 0 Å². The van der Waals surface area contributed by atoms with E-state index in [1.807, 2.05) is 0 Å². The van der Waals surface area contributed by atoms with Gasteiger partial charge in [0, 0.05) is 18.5 Å². The maximum absolute atomic E-state index is 12.5. The van der Waals surface area contributed by atoms with Crippen LogP contribution >= 0.6 is 0 Å². The van der Waals surface area contributed by atoms with Crippen LogP contribution in [-0.2, 0) is 9.59 Å². The van der Waals surface area contributed by atoms with E-state index in [0.717, 1.165) is 32.1 Å². The summed E-state index contributed by atoms with van der Waals surface area (Å²) in [6, 6.07) is 0. The number of carbonyl (C=O) groups is 2. The van der Waals surface area contributed by atoms with Gasteiger partial charge in [-0.1, -0.05) is 26.2 Å². The third-order valence-electron chi connectivity index (χ3n) is 4.02. The fourth-order valence-corrected chi connectivity index (χ4v) is 2.91. The Hall–Kier alpha value is -1.06. The maximum atomic E-state index is 12.5. The zero-order valence-corrected chi connectivity index (χ0v) is 10.6. The van der Waals surface area contributed by atoms with Crippen molar-refractivity contribution in [1.29, 1.82) is 0 Å². The van der Waals surface area contributed by atoms with Crippen molar-refractivity contribution in [3.63, 3.8) is 0 Å². The van der Waals surface area contributed by atoms with E-state index < -0.39 is 0 Å². The van der Waals surface area contributed by atoms with Gasteiger partial charge in [0.05, 0.1) is 6.54 Å². The Kier molecular flexibility index (Phi) is 3.69. The zero-order valence-electron chi connectivity index (χ0n) is 10.6. The van der Waals surface area contributed by atoms with Crippen molar-refractivity contribution in [2.45, 2.75) is 45.4 Å². The van der Waals surface area contributed by atoms with Gasteiger partial charge in [0.15, 0.2) is 0 Å². The molecule has 1 aliphatic carbocycles. The highest BCUT2D eigenvalue weighted by Gasteiger charge is 2.38. The molecule has 0 aromatic carbocycles. The first kappa shape index (κ1) is 12.4. The van der Waals surface area contributed by atoms with Gasteiger partial charge in [0.2, 0.25) is 11.8 Å². The largest absolute Gasteiger partial charge is 0.354 e. The van der Waals surface area contributed by atoms with Crippen LogP contribution in [0.15, 0.2) is 0 Å². The van der Waals surface area contributed by atoms with E-state index in [1.165, 1.54) is 6.42 Å². The van der Waals surface area contributed by atoms with Gasteiger partial charge in [-0.05, 0) is 19.3 Å². The van der Waals surface area contributed by atoms with Gasteiger partial charge in [-0.15, -0.1) is 0 Å². The monoisotopic (exact) mass is 238 g/mol. The topological polar surface area (TPSA) is 49.4 Å². The Balaban J connectivity index is 2.04. The van der Waals surface area contributed by atoms with Gasteiger partial charge >= 0.3 is 0 Å². The third-order valence-corrected chi connectivity index (χ3v) is 4.02. The SMILES string of the molecule is CC1(C(=O)N2CCCNC(=O)C2)CCCCC1. The standard InChI is InChI=1S/C13H22N2O2/c1-13(6-3-2-4-7-13)12(17)15-9-5-8-14-11(16)10-15/h2-10H2,1H3,(H,14,16). The molecule has 0 bridgehead atoms. The molecule has 2 amide bonds. The van der Waals surface area contributed by atoms with E-state index in [9.17, 15) is 9.59 Å². The molecule has 1 saturated heterocycles. The molecule has 0 unspecified atom stereocenters. The molecule has 2 fully saturated rings. The van der Waals surface area contributed by atoms with E-state index in [4.69, 9.17) is 0 Å². The Bertz CT molecular complexity index is 309. The summed E-state index contributed by atoms with van der Waals surface area (Å²) in [6.45, 7) is 3.72. The molecule has 4 heteroatoms. The molecule has 0 aromatic heterocycles. The molecule has 0 spiro atoms. The van der Waals surface area contributed by atoms with E-state index >= 15 is 0 Å². The van der Waals surface area contributed by atoms with Crippen molar-refractivity contribution in [3.8, 4) is 0 Å². The first-order valence-electron chi connectivity index (χ1n) is 6.68. The molecular formula is C13H22N2O2. The molecule has 1 aliphatic heterocycles. The van der Waals surface area contributed by atoms with Gasteiger partial charge < -0.3 is 10.2 Å². The predicted molar refractivity (Wildman–Crippen MR) is 65.4 cm³/mol. The predicted octanol–water partition coefficient (Wildman–Crippen LogP) is 1.31. The summed E-state index contributed by atoms with van der Waals surface area (Å²) in [5, 5.41) is 2.81. The van der Waals surface area contributed by atoms with Crippen molar-refractivity contribution in [1.82, 2.24) is 10.2 Å². The van der Waals surface area contributed by atoms with Crippen LogP contribution < -0.4 is 5.32 Å². The summed E-state index contributed by atoms with van der Waals surface area (Å²) >= 11 is 0. The number of nitrogens with one attached hydrogen (secondary N) is 1. The Morgan fingerprint density at radius 1 is 1.24 bits per heavy atom. The molecule has 2 aliphatic rings. The highest BCUT2D eigenvalue weighted by molar-refractivity contribution is 5.88. The van der Waals surface area contributed by atoms with Crippen LogP contribution in [0.3, 0.4) is 0 Å². The van der Waals surface area contributed by atoms with Crippen LogP contribution in [0, 0.1) is 5.41 Å². The quantitative estimate of drug-likeness (QED) is 0.748. The molecule has 96 valence electrons. The van der Waals surface area contributed by atoms with Gasteiger partial charge in [-0.2, -0.15) is 0 Å². The van der Waals surface area contributed by atoms with E-state index in [0.29, 0.717) is 13.1 Å². The number of rotatable bonds is 1. The molecule has 1 N–H and O–H groups in total. The van der Waals surface area contributed by atoms with Crippen molar-refractivity contribution >= 4 is 11.8 Å². The second kappa shape index (κ2) is 5.07. The normalized spacial score (nSPS) is 25.0. The van der Waals surface area contributed by atoms with Crippen molar-refractivity contribution in [3.05, 3.63) is 0 Å². The lowest BCUT2D eigenvalue weighted by Crippen LogP contribution is -2.46. The second-order valence-corrected chi connectivity index (χ2v) is 5.55. The lowest BCUT2D eigenvalue weighted by molar-refractivity contribution is -0.145. The van der Waals surface area contributed by atoms with Gasteiger partial charge in [-0.25, -0.2) is 0 Å². The summed E-state index contributed by atoms with van der Waals surface area (Å²) in [6.07, 6.45) is 6.34. The fourth-order valence-electron chi connectivity index (χ4n) is 2.91. The van der Waals surface area contributed by atoms with Gasteiger partial charge in [-0.3, -0.25) is 9.59 Å². The van der Waals surface area contributed by atoms with E-state index in [1.54, 1.807) is 4.90 Å². The fraction of sp³-hybridized carbons (Fsp3) is 0.846. The minimum Gasteiger partial charge on any atom is -0.354 e. The summed E-state index contributed by atoms with van der Waals surface area (Å²) < 4.78 is 0. The average molecular weight is 238 g/mol. The summed E-state index contributed by atoms with van der Waals surface area (Å²) in [5.41, 5.74) is -0.219. The van der Waals surface area contributed by atoms with Crippen LogP contribution in [0.1, 0.15) is 45.4 Å². The highest BCUT2D eigenvalue weighted by atomic mass is 16.2. The first-order valence-corrected chi connectivity index (χ1v) is 6.68. The smallest absolute Gasteiger partial charge is 0.239 e. The average Bonchev–Trinajstić information content (AvgIpc) is 2.54. The third kappa shape index (κ3) is 2.79. The summed E-state index contributed by atoms with van der Waals surface area (Å²) in [4.78, 5) is 25.8. The van der Waals surface area contributed by atoms with Crippen LogP contribution in [0.2, 0.25) is 0 Å². The zero-order chi connectivity index (χ0) is 12.3. The first-order chi connectivity index (χ1) is 8.12. The number of hydrogen-bond acceptors (Lipinski definition) is 2. The number of hydrogen-bond donors (Lipinski definition) is 1.